The van der Waals surface area contributed by atoms with Crippen LogP contribution in [0, 0.1) is 10.6 Å². The molecule has 0 radical (unpaired) electrons. The lowest BCUT2D eigenvalue weighted by Crippen LogP contribution is -2.24. The van der Waals surface area contributed by atoms with Crippen LogP contribution in [0.15, 0.2) is 24.4 Å². The van der Waals surface area contributed by atoms with Gasteiger partial charge < -0.3 is 22.5 Å². The molecule has 0 saturated heterocycles. The second kappa shape index (κ2) is 5.01. The van der Waals surface area contributed by atoms with E-state index in [1.165, 1.54) is 12.3 Å². The van der Waals surface area contributed by atoms with E-state index in [0.717, 1.165) is 0 Å². The van der Waals surface area contributed by atoms with Gasteiger partial charge in [-0.05, 0) is 6.07 Å². The molecule has 0 atom stereocenters. The second-order valence-electron chi connectivity index (χ2n) is 1.98. The van der Waals surface area contributed by atoms with E-state index in [4.69, 9.17) is 5.39 Å². The Morgan fingerprint density at radius 3 is 2.07 bits per heavy atom. The summed E-state index contributed by atoms with van der Waals surface area (Å²) in [7, 11) is -6.00. The predicted molar refractivity (Wildman–Crippen MR) is 40.3 cm³/mol. The van der Waals surface area contributed by atoms with Crippen LogP contribution in [0.5, 0.6) is 0 Å². The first-order valence-corrected chi connectivity index (χ1v) is 3.25. The average Bonchev–Trinajstić information content (AvgIpc) is 2.02. The summed E-state index contributed by atoms with van der Waals surface area (Å²) in [5.74, 6) is -0.00231. The van der Waals surface area contributed by atoms with Crippen LogP contribution >= 0.6 is 0 Å². The van der Waals surface area contributed by atoms with Crippen LogP contribution in [0.2, 0.25) is 0 Å². The lowest BCUT2D eigenvalue weighted by molar-refractivity contribution is -0.588. The van der Waals surface area contributed by atoms with Crippen LogP contribution in [0.1, 0.15) is 0 Å². The maximum Gasteiger partial charge on any atom is 0.673 e. The molecule has 0 bridgehead atoms. The van der Waals surface area contributed by atoms with Gasteiger partial charge in [0.2, 0.25) is 10.4 Å². The Morgan fingerprint density at radius 2 is 1.79 bits per heavy atom. The summed E-state index contributed by atoms with van der Waals surface area (Å²) in [6.45, 7) is 0. The van der Waals surface area contributed by atoms with Crippen LogP contribution in [0.4, 0.5) is 23.1 Å². The highest BCUT2D eigenvalue weighted by molar-refractivity contribution is 6.50. The highest BCUT2D eigenvalue weighted by Crippen LogP contribution is 2.06. The molecule has 14 heavy (non-hydrogen) atoms. The molecule has 1 heterocycles. The van der Waals surface area contributed by atoms with Crippen LogP contribution in [-0.2, 0) is 0 Å². The Kier molecular flexibility index (Phi) is 4.35. The molecule has 4 nitrogen and oxygen atoms in total. The molecule has 0 aliphatic carbocycles. The van der Waals surface area contributed by atoms with Crippen molar-refractivity contribution in [2.75, 3.05) is 0 Å². The minimum absolute atomic E-state index is 0.00231. The zero-order valence-electron chi connectivity index (χ0n) is 6.65. The quantitative estimate of drug-likeness (QED) is 0.216. The molecule has 0 aliphatic heterocycles. The minimum Gasteiger partial charge on any atom is -0.613 e. The predicted octanol–water partition coefficient (Wildman–Crippen LogP) is 2.10. The van der Waals surface area contributed by atoms with Crippen molar-refractivity contribution >= 4 is 13.1 Å². The van der Waals surface area contributed by atoms with Crippen molar-refractivity contribution in [1.82, 2.24) is 0 Å². The van der Waals surface area contributed by atoms with Crippen molar-refractivity contribution < 1.29 is 22.0 Å². The molecule has 9 heteroatoms. The summed E-state index contributed by atoms with van der Waals surface area (Å²) in [5.41, 5.74) is 0. The molecule has 0 N–H and O–H groups in total. The fourth-order valence-electron chi connectivity index (χ4n) is 0.497. The molecule has 1 aromatic rings. The van der Waals surface area contributed by atoms with Crippen molar-refractivity contribution in [3.8, 4) is 0 Å². The monoisotopic (exact) mass is 209 g/mol. The van der Waals surface area contributed by atoms with Gasteiger partial charge in [0, 0.05) is 6.07 Å². The summed E-state index contributed by atoms with van der Waals surface area (Å²) >= 11 is 0. The van der Waals surface area contributed by atoms with Crippen LogP contribution in [0.3, 0.4) is 0 Å². The van der Waals surface area contributed by atoms with Gasteiger partial charge in [-0.2, -0.15) is 0 Å². The molecule has 0 unspecified atom stereocenters. The summed E-state index contributed by atoms with van der Waals surface area (Å²) in [4.78, 5) is 2.72. The van der Waals surface area contributed by atoms with Crippen molar-refractivity contribution in [2.45, 2.75) is 0 Å². The smallest absolute Gasteiger partial charge is 0.613 e. The van der Waals surface area contributed by atoms with Gasteiger partial charge in [0.05, 0.1) is 0 Å². The second-order valence-corrected chi connectivity index (χ2v) is 1.98. The van der Waals surface area contributed by atoms with Crippen molar-refractivity contribution in [1.29, 1.82) is 5.39 Å². The molecule has 0 aromatic carbocycles. The van der Waals surface area contributed by atoms with E-state index in [1.54, 1.807) is 12.1 Å². The molecule has 0 saturated carbocycles. The normalized spacial score (nSPS) is 9.64. The van der Waals surface area contributed by atoms with Gasteiger partial charge in [-0.1, -0.05) is 4.73 Å². The first-order valence-electron chi connectivity index (χ1n) is 3.25. The maximum atomic E-state index is 10.5. The van der Waals surface area contributed by atoms with Gasteiger partial charge in [-0.25, -0.2) is 0 Å². The lowest BCUT2D eigenvalue weighted by atomic mass is 10.3. The number of hydrogen-bond acceptors (Lipinski definition) is 2. The number of halogens is 4. The van der Waals surface area contributed by atoms with E-state index in [1.807, 2.05) is 0 Å². The first-order chi connectivity index (χ1) is 6.34. The van der Waals surface area contributed by atoms with Gasteiger partial charge in [0.25, 0.3) is 0 Å². The summed E-state index contributed by atoms with van der Waals surface area (Å²) in [5, 5.41) is 18.6. The average molecular weight is 209 g/mol. The Bertz CT molecular complexity index is 330. The Labute approximate surface area is 76.1 Å². The fourth-order valence-corrected chi connectivity index (χ4v) is 0.497. The lowest BCUT2D eigenvalue weighted by Gasteiger charge is -1.94. The zero-order valence-corrected chi connectivity index (χ0v) is 6.65. The van der Waals surface area contributed by atoms with E-state index in [2.05, 4.69) is 4.98 Å². The first kappa shape index (κ1) is 12.2. The third-order valence-corrected chi connectivity index (χ3v) is 0.906. The summed E-state index contributed by atoms with van der Waals surface area (Å²) in [6.07, 6.45) is 1.26. The molecule has 0 spiro atoms. The van der Waals surface area contributed by atoms with E-state index in [9.17, 15) is 22.5 Å². The molecule has 1 rings (SSSR count). The van der Waals surface area contributed by atoms with Crippen molar-refractivity contribution in [3.05, 3.63) is 34.6 Å². The van der Waals surface area contributed by atoms with Crippen molar-refractivity contribution in [3.63, 3.8) is 0 Å². The molecule has 1 aromatic heterocycles. The largest absolute Gasteiger partial charge is 0.673 e. The molecule has 0 aliphatic rings. The molecule has 0 fully saturated rings. The zero-order chi connectivity index (χ0) is 11.2. The number of pyridine rings is 1. The summed E-state index contributed by atoms with van der Waals surface area (Å²) < 4.78 is 39.5. The maximum absolute atomic E-state index is 10.5. The standard InChI is InChI=1S/C5H4N3O.BF4/c6-7-5-3-1-2-4-8(5)9;2-1(3,4)5/h1-4H;/q+1;-1. The molecule has 0 amide bonds. The van der Waals surface area contributed by atoms with Gasteiger partial charge in [0.1, 0.15) is 6.07 Å². The van der Waals surface area contributed by atoms with Crippen molar-refractivity contribution in [2.24, 2.45) is 0 Å². The highest BCUT2D eigenvalue weighted by atomic mass is 19.5. The van der Waals surface area contributed by atoms with Gasteiger partial charge in [0.15, 0.2) is 6.20 Å². The summed E-state index contributed by atoms with van der Waals surface area (Å²) in [6, 6.07) is 4.58. The third kappa shape index (κ3) is 6.84. The fraction of sp³-hybridized carbons (Fsp3) is 0. The van der Waals surface area contributed by atoms with E-state index < -0.39 is 7.25 Å². The van der Waals surface area contributed by atoms with E-state index in [0.29, 0.717) is 4.73 Å². The number of hydrogen-bond donors (Lipinski definition) is 0. The Balaban J connectivity index is 0.000000292. The number of nitrogens with zero attached hydrogens (tertiary/aromatic N) is 3. The van der Waals surface area contributed by atoms with Gasteiger partial charge >= 0.3 is 13.1 Å². The van der Waals surface area contributed by atoms with Gasteiger partial charge in [-0.3, -0.25) is 0 Å². The van der Waals surface area contributed by atoms with E-state index >= 15 is 0 Å². The number of aromatic nitrogens is 1. The van der Waals surface area contributed by atoms with Gasteiger partial charge in [-0.15, -0.1) is 0 Å². The molecule has 76 valence electrons. The number of rotatable bonds is 0. The highest BCUT2D eigenvalue weighted by Gasteiger charge is 2.20. The molecular formula is C5H4BF4N3O. The Morgan fingerprint density at radius 1 is 1.29 bits per heavy atom. The van der Waals surface area contributed by atoms with Crippen LogP contribution in [-0.4, -0.2) is 7.25 Å². The van der Waals surface area contributed by atoms with E-state index in [-0.39, 0.29) is 5.82 Å². The minimum atomic E-state index is -6.00. The topological polar surface area (TPSA) is 55.1 Å². The molecular weight excluding hydrogens is 205 g/mol. The van der Waals surface area contributed by atoms with Crippen LogP contribution < -0.4 is 4.73 Å². The Hall–Kier alpha value is -1.85. The SMILES string of the molecule is F[B-](F)(F)F.N#[N+]c1cccc[n+]1[O-]. The third-order valence-electron chi connectivity index (χ3n) is 0.906. The number of diazo groups is 1. The van der Waals surface area contributed by atoms with Crippen LogP contribution in [0.25, 0.3) is 4.98 Å².